The van der Waals surface area contributed by atoms with Crippen LogP contribution in [-0.2, 0) is 22.9 Å². The van der Waals surface area contributed by atoms with Crippen molar-refractivity contribution < 1.29 is 22.9 Å². The molecule has 0 saturated carbocycles. The summed E-state index contributed by atoms with van der Waals surface area (Å²) in [6, 6.07) is -0.264. The molecule has 0 aromatic carbocycles. The van der Waals surface area contributed by atoms with E-state index < -0.39 is 41.3 Å². The van der Waals surface area contributed by atoms with E-state index in [1.807, 2.05) is 0 Å². The minimum absolute atomic E-state index is 0.0333. The van der Waals surface area contributed by atoms with Crippen LogP contribution < -0.4 is 0 Å². The van der Waals surface area contributed by atoms with Crippen molar-refractivity contribution in [3.63, 3.8) is 0 Å². The summed E-state index contributed by atoms with van der Waals surface area (Å²) >= 11 is 0. The Bertz CT molecular complexity index is 562. The summed E-state index contributed by atoms with van der Waals surface area (Å²) in [6.45, 7) is 26.9. The van der Waals surface area contributed by atoms with E-state index in [1.165, 1.54) is 0 Å². The van der Waals surface area contributed by atoms with Gasteiger partial charge in [-0.1, -0.05) is 20.8 Å². The monoisotopic (exact) mass is 458 g/mol. The van der Waals surface area contributed by atoms with Gasteiger partial charge in [0.2, 0.25) is 6.54 Å². The Kier molecular flexibility index (Phi) is 10.9. The molecule has 2 radical (unpaired) electrons. The van der Waals surface area contributed by atoms with Gasteiger partial charge in [-0.3, -0.25) is 4.52 Å². The van der Waals surface area contributed by atoms with Crippen molar-refractivity contribution in [1.82, 2.24) is 4.67 Å². The smallest absolute Gasteiger partial charge is 0.261 e. The summed E-state index contributed by atoms with van der Waals surface area (Å²) in [5.74, 6) is 0. The van der Waals surface area contributed by atoms with Crippen molar-refractivity contribution in [3.05, 3.63) is 11.4 Å². The maximum atomic E-state index is 7.02. The van der Waals surface area contributed by atoms with Crippen molar-refractivity contribution in [2.45, 2.75) is 103 Å². The van der Waals surface area contributed by atoms with Crippen LogP contribution in [-0.4, -0.2) is 77.7 Å². The highest BCUT2D eigenvalue weighted by molar-refractivity contribution is 7.44. The van der Waals surface area contributed by atoms with E-state index in [2.05, 4.69) is 71.1 Å². The maximum Gasteiger partial charge on any atom is 0.261 e. The van der Waals surface area contributed by atoms with Gasteiger partial charge in [0.25, 0.3) is 8.53 Å². The minimum atomic E-state index is -2.09. The molecule has 2 unspecified atom stereocenters. The molecular formula is C20H40BN2O5PSi. The number of rotatable bonds is 11. The molecule has 30 heavy (non-hydrogen) atoms. The Morgan fingerprint density at radius 1 is 1.17 bits per heavy atom. The predicted molar refractivity (Wildman–Crippen MR) is 125 cm³/mol. The average Bonchev–Trinajstić information content (AvgIpc) is 2.87. The normalized spacial score (nSPS) is 26.5. The van der Waals surface area contributed by atoms with Gasteiger partial charge in [-0.25, -0.2) is 11.2 Å². The second-order valence-corrected chi connectivity index (χ2v) is 15.8. The molecule has 0 N–H and O–H groups in total. The highest BCUT2D eigenvalue weighted by Gasteiger charge is 2.50. The summed E-state index contributed by atoms with van der Waals surface area (Å²) < 4.78 is 32.7. The third kappa shape index (κ3) is 7.25. The molecule has 1 rings (SSSR count). The molecule has 1 saturated heterocycles. The number of nitrogens with zero attached hydrogens (tertiary/aromatic N) is 2. The Labute approximate surface area is 187 Å². The summed E-state index contributed by atoms with van der Waals surface area (Å²) in [7, 11) is 4.37. The molecule has 1 heterocycles. The lowest BCUT2D eigenvalue weighted by Gasteiger charge is -2.40. The molecule has 7 nitrogen and oxygen atoms in total. The van der Waals surface area contributed by atoms with Crippen LogP contribution in [0.2, 0.25) is 18.1 Å². The number of ether oxygens (including phenoxy) is 2. The van der Waals surface area contributed by atoms with Gasteiger partial charge < -0.3 is 23.3 Å². The van der Waals surface area contributed by atoms with Crippen molar-refractivity contribution in [1.29, 1.82) is 0 Å². The topological polar surface area (TPSA) is 53.8 Å². The molecule has 0 amide bonds. The third-order valence-electron chi connectivity index (χ3n) is 5.56. The molecule has 0 bridgehead atoms. The number of hydrogen-bond donors (Lipinski definition) is 0. The van der Waals surface area contributed by atoms with E-state index in [0.717, 1.165) is 0 Å². The van der Waals surface area contributed by atoms with E-state index in [4.69, 9.17) is 37.4 Å². The van der Waals surface area contributed by atoms with Gasteiger partial charge in [-0.2, -0.15) is 0 Å². The van der Waals surface area contributed by atoms with Gasteiger partial charge in [0, 0.05) is 25.2 Å². The fourth-order valence-corrected chi connectivity index (χ4v) is 5.96. The Morgan fingerprint density at radius 2 is 1.73 bits per heavy atom. The van der Waals surface area contributed by atoms with Crippen molar-refractivity contribution in [2.75, 3.05) is 20.3 Å². The molecule has 0 spiro atoms. The Morgan fingerprint density at radius 3 is 2.17 bits per heavy atom. The molecule has 1 fully saturated rings. The molecule has 172 valence electrons. The largest absolute Gasteiger partial charge is 0.409 e. The first-order valence-corrected chi connectivity index (χ1v) is 14.6. The first kappa shape index (κ1) is 28.0. The minimum Gasteiger partial charge on any atom is -0.409 e. The second-order valence-electron chi connectivity index (χ2n) is 9.64. The second kappa shape index (κ2) is 11.7. The lowest BCUT2D eigenvalue weighted by atomic mass is 9.94. The first-order valence-electron chi connectivity index (χ1n) is 10.6. The van der Waals surface area contributed by atoms with Crippen molar-refractivity contribution in [3.8, 4) is 0 Å². The van der Waals surface area contributed by atoms with E-state index in [-0.39, 0.29) is 23.7 Å². The Balaban J connectivity index is 3.05. The predicted octanol–water partition coefficient (Wildman–Crippen LogP) is 4.54. The molecule has 5 atom stereocenters. The van der Waals surface area contributed by atoms with E-state index in [0.29, 0.717) is 6.61 Å². The SMILES string of the molecule is [B][C@@H]1O[C@H](OP(OCC[N+]#[C-])N(C(C)C)C(C)C)[C@H](OC)C1O[Si](C)(C)C(C)(C)C. The molecular weight excluding hydrogens is 418 g/mol. The van der Waals surface area contributed by atoms with E-state index in [9.17, 15) is 0 Å². The molecule has 10 heteroatoms. The van der Waals surface area contributed by atoms with Crippen LogP contribution in [0.15, 0.2) is 0 Å². The highest BCUT2D eigenvalue weighted by atomic mass is 31.2. The Hall–Kier alpha value is -0.0382. The quantitative estimate of drug-likeness (QED) is 0.196. The molecule has 1 aliphatic rings. The zero-order valence-corrected chi connectivity index (χ0v) is 22.2. The van der Waals surface area contributed by atoms with Crippen LogP contribution in [0.1, 0.15) is 48.5 Å². The first-order chi connectivity index (χ1) is 13.8. The summed E-state index contributed by atoms with van der Waals surface area (Å²) in [4.78, 5) is 3.38. The zero-order chi connectivity index (χ0) is 23.3. The molecule has 1 aliphatic heterocycles. The van der Waals surface area contributed by atoms with Crippen LogP contribution in [0.3, 0.4) is 0 Å². The number of methoxy groups -OCH3 is 1. The molecule has 0 aromatic rings. The average molecular weight is 458 g/mol. The van der Waals surface area contributed by atoms with Gasteiger partial charge in [-0.15, -0.1) is 0 Å². The fraction of sp³-hybridized carbons (Fsp3) is 0.950. The summed E-state index contributed by atoms with van der Waals surface area (Å²) in [6.07, 6.45) is -1.60. The third-order valence-corrected chi connectivity index (χ3v) is 12.1. The van der Waals surface area contributed by atoms with E-state index >= 15 is 0 Å². The molecule has 0 aliphatic carbocycles. The van der Waals surface area contributed by atoms with Crippen LogP contribution in [0.5, 0.6) is 0 Å². The lowest BCUT2D eigenvalue weighted by Crippen LogP contribution is -2.50. The van der Waals surface area contributed by atoms with Crippen LogP contribution in [0, 0.1) is 6.57 Å². The summed E-state index contributed by atoms with van der Waals surface area (Å²) in [5, 5.41) is 0.0333. The number of hydrogen-bond acceptors (Lipinski definition) is 6. The van der Waals surface area contributed by atoms with Gasteiger partial charge >= 0.3 is 0 Å². The van der Waals surface area contributed by atoms with Gasteiger partial charge in [-0.05, 0) is 45.8 Å². The van der Waals surface area contributed by atoms with Gasteiger partial charge in [0.1, 0.15) is 20.6 Å². The maximum absolute atomic E-state index is 7.02. The van der Waals surface area contributed by atoms with Crippen LogP contribution in [0.4, 0.5) is 0 Å². The van der Waals surface area contributed by atoms with Crippen molar-refractivity contribution in [2.24, 2.45) is 0 Å². The zero-order valence-electron chi connectivity index (χ0n) is 20.3. The van der Waals surface area contributed by atoms with E-state index in [1.54, 1.807) is 7.11 Å². The van der Waals surface area contributed by atoms with Crippen LogP contribution >= 0.6 is 8.53 Å². The summed E-state index contributed by atoms with van der Waals surface area (Å²) in [5.41, 5.74) is 0. The van der Waals surface area contributed by atoms with Gasteiger partial charge in [0.05, 0.1) is 6.10 Å². The fourth-order valence-electron chi connectivity index (χ4n) is 3.01. The van der Waals surface area contributed by atoms with Crippen LogP contribution in [0.25, 0.3) is 4.85 Å². The van der Waals surface area contributed by atoms with Gasteiger partial charge in [0.15, 0.2) is 14.6 Å². The lowest BCUT2D eigenvalue weighted by molar-refractivity contribution is -0.115. The molecule has 0 aromatic heterocycles. The highest BCUT2D eigenvalue weighted by Crippen LogP contribution is 2.49. The van der Waals surface area contributed by atoms with Crippen molar-refractivity contribution >= 4 is 24.7 Å². The standard InChI is InChI=1S/C20H40BN2O5PSi/c1-14(2)23(15(3)4)29(25-13-12-22-8)27-19-17(24-9)16(18(21)26-19)28-30(10,11)20(5,6)7/h14-19H,12-13H2,1-7,9-11H3/t16?,17-,18-,19-,29?/m1/s1.